The second-order valence-corrected chi connectivity index (χ2v) is 7.05. The molecule has 0 bridgehead atoms. The standard InChI is InChI=1S/C20H21N7/c1-14-10-20(27-19(23-14)9-15(2)24-27)26-7-5-25(6-8-26)17-3-4-18-16(11-17)12-21-13-22-18/h3-4,9-13H,5-8H2,1-2H3. The summed E-state index contributed by atoms with van der Waals surface area (Å²) < 4.78 is 1.96. The average molecular weight is 359 g/mol. The number of aromatic nitrogens is 5. The molecule has 5 rings (SSSR count). The van der Waals surface area contributed by atoms with E-state index < -0.39 is 0 Å². The molecule has 0 saturated carbocycles. The third-order valence-corrected chi connectivity index (χ3v) is 5.12. The van der Waals surface area contributed by atoms with Crippen molar-refractivity contribution in [3.63, 3.8) is 0 Å². The number of rotatable bonds is 2. The fourth-order valence-corrected chi connectivity index (χ4v) is 3.78. The Morgan fingerprint density at radius 2 is 1.70 bits per heavy atom. The number of hydrogen-bond donors (Lipinski definition) is 0. The van der Waals surface area contributed by atoms with E-state index in [9.17, 15) is 0 Å². The highest BCUT2D eigenvalue weighted by Gasteiger charge is 2.20. The fourth-order valence-electron chi connectivity index (χ4n) is 3.78. The van der Waals surface area contributed by atoms with Gasteiger partial charge in [-0.1, -0.05) is 0 Å². The summed E-state index contributed by atoms with van der Waals surface area (Å²) in [6.45, 7) is 7.86. The Labute approximate surface area is 157 Å². The molecule has 1 aliphatic heterocycles. The van der Waals surface area contributed by atoms with Crippen LogP contribution in [-0.4, -0.2) is 50.7 Å². The molecule has 1 aromatic carbocycles. The molecule has 4 heterocycles. The van der Waals surface area contributed by atoms with Gasteiger partial charge in [-0.05, 0) is 32.0 Å². The van der Waals surface area contributed by atoms with Crippen LogP contribution in [0.3, 0.4) is 0 Å². The van der Waals surface area contributed by atoms with Crippen LogP contribution in [0.5, 0.6) is 0 Å². The maximum Gasteiger partial charge on any atom is 0.157 e. The van der Waals surface area contributed by atoms with Crippen LogP contribution in [0.1, 0.15) is 11.4 Å². The van der Waals surface area contributed by atoms with E-state index in [1.807, 2.05) is 30.6 Å². The van der Waals surface area contributed by atoms with Crippen molar-refractivity contribution >= 4 is 28.1 Å². The molecule has 0 radical (unpaired) electrons. The van der Waals surface area contributed by atoms with Crippen LogP contribution < -0.4 is 9.80 Å². The number of fused-ring (bicyclic) bond motifs is 2. The van der Waals surface area contributed by atoms with Gasteiger partial charge in [0.2, 0.25) is 0 Å². The highest BCUT2D eigenvalue weighted by molar-refractivity contribution is 5.81. The molecule has 0 spiro atoms. The fraction of sp³-hybridized carbons (Fsp3) is 0.300. The molecule has 7 heteroatoms. The van der Waals surface area contributed by atoms with Gasteiger partial charge in [0.1, 0.15) is 12.1 Å². The highest BCUT2D eigenvalue weighted by atomic mass is 15.4. The average Bonchev–Trinajstić information content (AvgIpc) is 3.07. The lowest BCUT2D eigenvalue weighted by molar-refractivity contribution is 0.638. The quantitative estimate of drug-likeness (QED) is 0.548. The Balaban J connectivity index is 1.40. The van der Waals surface area contributed by atoms with E-state index in [0.29, 0.717) is 0 Å². The van der Waals surface area contributed by atoms with Crippen molar-refractivity contribution in [3.05, 3.63) is 54.2 Å². The summed E-state index contributed by atoms with van der Waals surface area (Å²) >= 11 is 0. The molecule has 7 nitrogen and oxygen atoms in total. The van der Waals surface area contributed by atoms with Gasteiger partial charge in [-0.25, -0.2) is 15.0 Å². The molecule has 0 amide bonds. The van der Waals surface area contributed by atoms with Gasteiger partial charge in [-0.15, -0.1) is 0 Å². The third-order valence-electron chi connectivity index (χ3n) is 5.12. The SMILES string of the molecule is Cc1cc(N2CCN(c3ccc4ncncc4c3)CC2)n2nc(C)cc2n1. The molecule has 1 aliphatic rings. The number of hydrogen-bond acceptors (Lipinski definition) is 6. The zero-order chi connectivity index (χ0) is 18.4. The second-order valence-electron chi connectivity index (χ2n) is 7.05. The maximum absolute atomic E-state index is 4.63. The van der Waals surface area contributed by atoms with Gasteiger partial charge in [0.05, 0.1) is 11.2 Å². The topological polar surface area (TPSA) is 62.5 Å². The highest BCUT2D eigenvalue weighted by Crippen LogP contribution is 2.24. The normalized spacial score (nSPS) is 15.0. The minimum Gasteiger partial charge on any atom is -0.368 e. The van der Waals surface area contributed by atoms with E-state index in [-0.39, 0.29) is 0 Å². The predicted molar refractivity (Wildman–Crippen MR) is 106 cm³/mol. The Hall–Kier alpha value is -3.22. The molecule has 0 N–H and O–H groups in total. The van der Waals surface area contributed by atoms with Gasteiger partial charge in [0, 0.05) is 61.3 Å². The van der Waals surface area contributed by atoms with Gasteiger partial charge in [0.25, 0.3) is 0 Å². The van der Waals surface area contributed by atoms with E-state index in [2.05, 4.69) is 54.1 Å². The number of benzene rings is 1. The summed E-state index contributed by atoms with van der Waals surface area (Å²) in [5.74, 6) is 1.12. The van der Waals surface area contributed by atoms with E-state index in [1.165, 1.54) is 5.69 Å². The van der Waals surface area contributed by atoms with Crippen LogP contribution >= 0.6 is 0 Å². The van der Waals surface area contributed by atoms with Gasteiger partial charge >= 0.3 is 0 Å². The smallest absolute Gasteiger partial charge is 0.157 e. The Morgan fingerprint density at radius 3 is 2.56 bits per heavy atom. The zero-order valence-electron chi connectivity index (χ0n) is 15.5. The second kappa shape index (κ2) is 6.19. The summed E-state index contributed by atoms with van der Waals surface area (Å²) in [6, 6.07) is 10.6. The van der Waals surface area contributed by atoms with Gasteiger partial charge < -0.3 is 9.80 Å². The first-order valence-corrected chi connectivity index (χ1v) is 9.21. The van der Waals surface area contributed by atoms with E-state index in [1.54, 1.807) is 6.33 Å². The molecule has 27 heavy (non-hydrogen) atoms. The largest absolute Gasteiger partial charge is 0.368 e. The molecular formula is C20H21N7. The lowest BCUT2D eigenvalue weighted by Crippen LogP contribution is -2.47. The molecule has 0 aliphatic carbocycles. The molecular weight excluding hydrogens is 338 g/mol. The zero-order valence-corrected chi connectivity index (χ0v) is 15.5. The molecule has 0 atom stereocenters. The van der Waals surface area contributed by atoms with Crippen molar-refractivity contribution in [2.24, 2.45) is 0 Å². The van der Waals surface area contributed by atoms with E-state index in [0.717, 1.165) is 59.9 Å². The number of aryl methyl sites for hydroxylation is 2. The first-order valence-electron chi connectivity index (χ1n) is 9.21. The van der Waals surface area contributed by atoms with Crippen LogP contribution in [0.4, 0.5) is 11.5 Å². The van der Waals surface area contributed by atoms with Crippen LogP contribution in [0, 0.1) is 13.8 Å². The van der Waals surface area contributed by atoms with Crippen molar-refractivity contribution in [3.8, 4) is 0 Å². The molecule has 0 unspecified atom stereocenters. The summed E-state index contributed by atoms with van der Waals surface area (Å²) in [5, 5.41) is 5.71. The Kier molecular flexibility index (Phi) is 3.67. The van der Waals surface area contributed by atoms with Crippen molar-refractivity contribution < 1.29 is 0 Å². The van der Waals surface area contributed by atoms with Crippen molar-refractivity contribution in [2.45, 2.75) is 13.8 Å². The molecule has 3 aromatic heterocycles. The van der Waals surface area contributed by atoms with Gasteiger partial charge in [-0.2, -0.15) is 9.61 Å². The summed E-state index contributed by atoms with van der Waals surface area (Å²) in [4.78, 5) is 17.9. The third kappa shape index (κ3) is 2.85. The summed E-state index contributed by atoms with van der Waals surface area (Å²) in [6.07, 6.45) is 3.47. The predicted octanol–water partition coefficient (Wildman–Crippen LogP) is 2.62. The molecule has 1 saturated heterocycles. The van der Waals surface area contributed by atoms with Crippen LogP contribution in [0.25, 0.3) is 16.6 Å². The monoisotopic (exact) mass is 359 g/mol. The molecule has 1 fully saturated rings. The number of piperazine rings is 1. The van der Waals surface area contributed by atoms with Crippen LogP contribution in [0.2, 0.25) is 0 Å². The summed E-state index contributed by atoms with van der Waals surface area (Å²) in [7, 11) is 0. The van der Waals surface area contributed by atoms with Crippen molar-refractivity contribution in [2.75, 3.05) is 36.0 Å². The summed E-state index contributed by atoms with van der Waals surface area (Å²) in [5.41, 5.74) is 5.14. The minimum atomic E-state index is 0.916. The van der Waals surface area contributed by atoms with Gasteiger partial charge in [0.15, 0.2) is 5.65 Å². The van der Waals surface area contributed by atoms with Crippen molar-refractivity contribution in [1.82, 2.24) is 24.6 Å². The van der Waals surface area contributed by atoms with E-state index >= 15 is 0 Å². The lowest BCUT2D eigenvalue weighted by Gasteiger charge is -2.37. The Morgan fingerprint density at radius 1 is 0.889 bits per heavy atom. The molecule has 136 valence electrons. The lowest BCUT2D eigenvalue weighted by atomic mass is 10.2. The number of nitrogens with zero attached hydrogens (tertiary/aromatic N) is 7. The molecule has 4 aromatic rings. The first-order chi connectivity index (χ1) is 13.2. The number of anilines is 2. The first kappa shape index (κ1) is 16.0. The van der Waals surface area contributed by atoms with Crippen LogP contribution in [0.15, 0.2) is 42.9 Å². The van der Waals surface area contributed by atoms with E-state index in [4.69, 9.17) is 0 Å². The Bertz CT molecular complexity index is 1130. The van der Waals surface area contributed by atoms with Gasteiger partial charge in [-0.3, -0.25) is 0 Å². The van der Waals surface area contributed by atoms with Crippen molar-refractivity contribution in [1.29, 1.82) is 0 Å². The maximum atomic E-state index is 4.63. The van der Waals surface area contributed by atoms with Crippen LogP contribution in [-0.2, 0) is 0 Å². The minimum absolute atomic E-state index is 0.916.